The molecule has 0 saturated carbocycles. The molecule has 6 nitrogen and oxygen atoms in total. The van der Waals surface area contributed by atoms with Crippen LogP contribution in [-0.4, -0.2) is 67.5 Å². The second-order valence-corrected chi connectivity index (χ2v) is 7.05. The van der Waals surface area contributed by atoms with Gasteiger partial charge in [0.1, 0.15) is 5.75 Å². The molecule has 2 aliphatic heterocycles. The number of amides is 2. The Balaban J connectivity index is 0.00000225. The van der Waals surface area contributed by atoms with E-state index in [9.17, 15) is 9.59 Å². The molecule has 1 N–H and O–H groups in total. The summed E-state index contributed by atoms with van der Waals surface area (Å²) in [5.41, 5.74) is 0. The SMILES string of the molecule is Cl.O=C(COc1ccc(Br)cc1)N1CCN(C(=O)C2CCNC2)CC1. The van der Waals surface area contributed by atoms with Gasteiger partial charge in [0, 0.05) is 37.2 Å². The van der Waals surface area contributed by atoms with Gasteiger partial charge < -0.3 is 19.9 Å². The van der Waals surface area contributed by atoms with Gasteiger partial charge in [-0.15, -0.1) is 12.4 Å². The van der Waals surface area contributed by atoms with Crippen molar-refractivity contribution in [2.75, 3.05) is 45.9 Å². The maximum atomic E-state index is 12.4. The summed E-state index contributed by atoms with van der Waals surface area (Å²) in [5, 5.41) is 3.22. The Hall–Kier alpha value is -1.31. The predicted octanol–water partition coefficient (Wildman–Crippen LogP) is 1.53. The topological polar surface area (TPSA) is 61.9 Å². The Labute approximate surface area is 162 Å². The van der Waals surface area contributed by atoms with E-state index in [2.05, 4.69) is 21.2 Å². The van der Waals surface area contributed by atoms with Gasteiger partial charge in [-0.1, -0.05) is 15.9 Å². The van der Waals surface area contributed by atoms with Gasteiger partial charge in [-0.05, 0) is 37.2 Å². The molecule has 1 atom stereocenters. The normalized spacial score (nSPS) is 20.1. The van der Waals surface area contributed by atoms with E-state index in [4.69, 9.17) is 4.74 Å². The highest BCUT2D eigenvalue weighted by Gasteiger charge is 2.30. The van der Waals surface area contributed by atoms with E-state index in [-0.39, 0.29) is 36.7 Å². The third-order valence-corrected chi connectivity index (χ3v) is 5.06. The second kappa shape index (κ2) is 9.40. The number of ether oxygens (including phenoxy) is 1. The van der Waals surface area contributed by atoms with E-state index >= 15 is 0 Å². The van der Waals surface area contributed by atoms with Gasteiger partial charge in [0.2, 0.25) is 5.91 Å². The van der Waals surface area contributed by atoms with Gasteiger partial charge in [0.25, 0.3) is 5.91 Å². The van der Waals surface area contributed by atoms with Crippen LogP contribution in [0.25, 0.3) is 0 Å². The van der Waals surface area contributed by atoms with Crippen LogP contribution < -0.4 is 10.1 Å². The van der Waals surface area contributed by atoms with E-state index in [0.29, 0.717) is 31.9 Å². The quantitative estimate of drug-likeness (QED) is 0.784. The molecule has 0 radical (unpaired) electrons. The molecular formula is C17H23BrClN3O3. The molecule has 0 spiro atoms. The van der Waals surface area contributed by atoms with Gasteiger partial charge in [0.05, 0.1) is 5.92 Å². The lowest BCUT2D eigenvalue weighted by Gasteiger charge is -2.35. The minimum atomic E-state index is -0.0347. The fourth-order valence-electron chi connectivity index (χ4n) is 3.07. The van der Waals surface area contributed by atoms with Crippen molar-refractivity contribution in [3.8, 4) is 5.75 Å². The van der Waals surface area contributed by atoms with Crippen LogP contribution in [0.2, 0.25) is 0 Å². The van der Waals surface area contributed by atoms with E-state index in [0.717, 1.165) is 24.0 Å². The summed E-state index contributed by atoms with van der Waals surface area (Å²) in [6.07, 6.45) is 0.916. The van der Waals surface area contributed by atoms with Crippen molar-refractivity contribution in [2.24, 2.45) is 5.92 Å². The monoisotopic (exact) mass is 431 g/mol. The average Bonchev–Trinajstić information content (AvgIpc) is 3.15. The summed E-state index contributed by atoms with van der Waals surface area (Å²) in [4.78, 5) is 28.3. The molecule has 25 heavy (non-hydrogen) atoms. The smallest absolute Gasteiger partial charge is 0.260 e. The Morgan fingerprint density at radius 1 is 1.12 bits per heavy atom. The molecule has 1 aromatic carbocycles. The molecular weight excluding hydrogens is 410 g/mol. The van der Waals surface area contributed by atoms with Crippen LogP contribution in [0.15, 0.2) is 28.7 Å². The number of nitrogens with zero attached hydrogens (tertiary/aromatic N) is 2. The van der Waals surface area contributed by atoms with Crippen molar-refractivity contribution in [2.45, 2.75) is 6.42 Å². The average molecular weight is 433 g/mol. The molecule has 1 aromatic rings. The van der Waals surface area contributed by atoms with Crippen LogP contribution in [0, 0.1) is 5.92 Å². The largest absolute Gasteiger partial charge is 0.484 e. The van der Waals surface area contributed by atoms with Crippen molar-refractivity contribution in [3.05, 3.63) is 28.7 Å². The summed E-state index contributed by atoms with van der Waals surface area (Å²) >= 11 is 3.36. The Bertz CT molecular complexity index is 585. The van der Waals surface area contributed by atoms with Crippen LogP contribution in [-0.2, 0) is 9.59 Å². The lowest BCUT2D eigenvalue weighted by atomic mass is 10.1. The maximum Gasteiger partial charge on any atom is 0.260 e. The first-order chi connectivity index (χ1) is 11.6. The minimum absolute atomic E-state index is 0. The summed E-state index contributed by atoms with van der Waals surface area (Å²) in [7, 11) is 0. The zero-order valence-electron chi connectivity index (χ0n) is 13.9. The number of hydrogen-bond donors (Lipinski definition) is 1. The zero-order chi connectivity index (χ0) is 16.9. The third kappa shape index (κ3) is 5.33. The highest BCUT2D eigenvalue weighted by Crippen LogP contribution is 2.17. The van der Waals surface area contributed by atoms with Crippen molar-refractivity contribution < 1.29 is 14.3 Å². The minimum Gasteiger partial charge on any atom is -0.484 e. The number of piperazine rings is 1. The Morgan fingerprint density at radius 3 is 2.36 bits per heavy atom. The molecule has 0 bridgehead atoms. The molecule has 2 amide bonds. The molecule has 2 saturated heterocycles. The number of rotatable bonds is 4. The van der Waals surface area contributed by atoms with Gasteiger partial charge in [-0.25, -0.2) is 0 Å². The summed E-state index contributed by atoms with van der Waals surface area (Å²) in [5.74, 6) is 0.966. The highest BCUT2D eigenvalue weighted by atomic mass is 79.9. The molecule has 8 heteroatoms. The lowest BCUT2D eigenvalue weighted by molar-refractivity contribution is -0.142. The second-order valence-electron chi connectivity index (χ2n) is 6.14. The predicted molar refractivity (Wildman–Crippen MR) is 101 cm³/mol. The molecule has 0 aliphatic carbocycles. The number of nitrogens with one attached hydrogen (secondary N) is 1. The summed E-state index contributed by atoms with van der Waals surface area (Å²) < 4.78 is 6.50. The van der Waals surface area contributed by atoms with Crippen molar-refractivity contribution in [3.63, 3.8) is 0 Å². The van der Waals surface area contributed by atoms with Crippen LogP contribution in [0.4, 0.5) is 0 Å². The summed E-state index contributed by atoms with van der Waals surface area (Å²) in [6.45, 7) is 4.10. The van der Waals surface area contributed by atoms with Crippen molar-refractivity contribution >= 4 is 40.2 Å². The first-order valence-corrected chi connectivity index (χ1v) is 9.08. The molecule has 0 aromatic heterocycles. The van der Waals surface area contributed by atoms with Gasteiger partial charge >= 0.3 is 0 Å². The van der Waals surface area contributed by atoms with Crippen LogP contribution >= 0.6 is 28.3 Å². The van der Waals surface area contributed by atoms with Crippen LogP contribution in [0.1, 0.15) is 6.42 Å². The molecule has 138 valence electrons. The highest BCUT2D eigenvalue weighted by molar-refractivity contribution is 9.10. The first-order valence-electron chi connectivity index (χ1n) is 8.29. The number of carbonyl (C=O) groups is 2. The first kappa shape index (κ1) is 20.0. The zero-order valence-corrected chi connectivity index (χ0v) is 16.4. The van der Waals surface area contributed by atoms with Gasteiger partial charge in [-0.2, -0.15) is 0 Å². The molecule has 2 fully saturated rings. The van der Waals surface area contributed by atoms with Crippen LogP contribution in [0.3, 0.4) is 0 Å². The van der Waals surface area contributed by atoms with Gasteiger partial charge in [-0.3, -0.25) is 9.59 Å². The molecule has 2 aliphatic rings. The fourth-order valence-corrected chi connectivity index (χ4v) is 3.33. The molecule has 1 unspecified atom stereocenters. The lowest BCUT2D eigenvalue weighted by Crippen LogP contribution is -2.53. The Morgan fingerprint density at radius 2 is 1.76 bits per heavy atom. The van der Waals surface area contributed by atoms with E-state index in [1.807, 2.05) is 29.2 Å². The Kier molecular flexibility index (Phi) is 7.53. The van der Waals surface area contributed by atoms with Crippen molar-refractivity contribution in [1.82, 2.24) is 15.1 Å². The number of halogens is 2. The fraction of sp³-hybridized carbons (Fsp3) is 0.529. The summed E-state index contributed by atoms with van der Waals surface area (Å²) in [6, 6.07) is 7.40. The number of hydrogen-bond acceptors (Lipinski definition) is 4. The van der Waals surface area contributed by atoms with E-state index < -0.39 is 0 Å². The number of benzene rings is 1. The third-order valence-electron chi connectivity index (χ3n) is 4.53. The number of carbonyl (C=O) groups excluding carboxylic acids is 2. The van der Waals surface area contributed by atoms with Crippen molar-refractivity contribution in [1.29, 1.82) is 0 Å². The molecule has 2 heterocycles. The maximum absolute atomic E-state index is 12.4. The standard InChI is InChI=1S/C17H22BrN3O3.ClH/c18-14-1-3-15(4-2-14)24-12-16(22)20-7-9-21(10-8-20)17(23)13-5-6-19-11-13;/h1-4,13,19H,5-12H2;1H. The van der Waals surface area contributed by atoms with Crippen LogP contribution in [0.5, 0.6) is 5.75 Å². The van der Waals surface area contributed by atoms with E-state index in [1.165, 1.54) is 0 Å². The van der Waals surface area contributed by atoms with E-state index in [1.54, 1.807) is 4.90 Å². The van der Waals surface area contributed by atoms with Gasteiger partial charge in [0.15, 0.2) is 6.61 Å². The molecule has 3 rings (SSSR count).